The molecule has 0 aliphatic heterocycles. The van der Waals surface area contributed by atoms with Crippen LogP contribution in [-0.4, -0.2) is 12.6 Å². The predicted molar refractivity (Wildman–Crippen MR) is 54.0 cm³/mol. The summed E-state index contributed by atoms with van der Waals surface area (Å²) in [6.07, 6.45) is 3.94. The molecule has 1 fully saturated rings. The lowest BCUT2D eigenvalue weighted by Crippen LogP contribution is -2.27. The van der Waals surface area contributed by atoms with Crippen LogP contribution in [0.5, 0.6) is 0 Å². The second-order valence-corrected chi connectivity index (χ2v) is 3.86. The van der Waals surface area contributed by atoms with Gasteiger partial charge in [-0.3, -0.25) is 0 Å². The van der Waals surface area contributed by atoms with Crippen LogP contribution in [0.3, 0.4) is 0 Å². The number of ether oxygens (including phenoxy) is 1. The van der Waals surface area contributed by atoms with Crippen molar-refractivity contribution < 1.29 is 9.15 Å². The maximum Gasteiger partial charge on any atom is 0.134 e. The average Bonchev–Trinajstić information content (AvgIpc) is 2.50. The molecule has 1 aliphatic rings. The number of nitrogens with two attached hydrogens (primary N) is 1. The lowest BCUT2D eigenvalue weighted by atomic mass is 9.96. The van der Waals surface area contributed by atoms with Gasteiger partial charge in [-0.25, -0.2) is 0 Å². The van der Waals surface area contributed by atoms with Crippen molar-refractivity contribution in [2.24, 2.45) is 5.73 Å². The third-order valence-electron chi connectivity index (χ3n) is 2.70. The van der Waals surface area contributed by atoms with Crippen LogP contribution in [0.1, 0.15) is 36.9 Å². The summed E-state index contributed by atoms with van der Waals surface area (Å²) in [5.74, 6) is 1.77. The second-order valence-electron chi connectivity index (χ2n) is 3.86. The summed E-state index contributed by atoms with van der Waals surface area (Å²) in [6, 6.07) is 3.90. The Morgan fingerprint density at radius 2 is 2.36 bits per heavy atom. The second kappa shape index (κ2) is 4.15. The molecule has 0 amide bonds. The third kappa shape index (κ3) is 1.99. The van der Waals surface area contributed by atoms with E-state index in [1.807, 2.05) is 19.1 Å². The van der Waals surface area contributed by atoms with Gasteiger partial charge in [-0.05, 0) is 38.3 Å². The van der Waals surface area contributed by atoms with E-state index in [0.29, 0.717) is 12.6 Å². The highest BCUT2D eigenvalue weighted by Crippen LogP contribution is 2.29. The summed E-state index contributed by atoms with van der Waals surface area (Å²) in [4.78, 5) is 0. The largest absolute Gasteiger partial charge is 0.464 e. The van der Waals surface area contributed by atoms with Crippen molar-refractivity contribution in [2.75, 3.05) is 6.54 Å². The number of aryl methyl sites for hydroxylation is 1. The molecule has 2 rings (SSSR count). The van der Waals surface area contributed by atoms with Gasteiger partial charge in [-0.1, -0.05) is 0 Å². The monoisotopic (exact) mass is 195 g/mol. The zero-order valence-corrected chi connectivity index (χ0v) is 8.53. The molecule has 3 nitrogen and oxygen atoms in total. The van der Waals surface area contributed by atoms with Crippen LogP contribution in [0.25, 0.3) is 0 Å². The van der Waals surface area contributed by atoms with E-state index < -0.39 is 0 Å². The highest BCUT2D eigenvalue weighted by molar-refractivity contribution is 5.08. The average molecular weight is 195 g/mol. The highest BCUT2D eigenvalue weighted by atomic mass is 16.5. The van der Waals surface area contributed by atoms with E-state index in [9.17, 15) is 0 Å². The molecule has 1 atom stereocenters. The summed E-state index contributed by atoms with van der Waals surface area (Å²) in [5.41, 5.74) is 5.66. The minimum atomic E-state index is -0.0611. The van der Waals surface area contributed by atoms with Gasteiger partial charge in [0.1, 0.15) is 17.6 Å². The molecule has 1 heterocycles. The number of hydrogen-bond acceptors (Lipinski definition) is 3. The molecule has 1 unspecified atom stereocenters. The standard InChI is InChI=1S/C11H17NO2/c1-8-5-6-10(13-8)11(7-12)14-9-3-2-4-9/h5-6,9,11H,2-4,7,12H2,1H3. The van der Waals surface area contributed by atoms with Gasteiger partial charge in [-0.2, -0.15) is 0 Å². The van der Waals surface area contributed by atoms with Gasteiger partial charge in [0, 0.05) is 6.54 Å². The Hall–Kier alpha value is -0.800. The van der Waals surface area contributed by atoms with Gasteiger partial charge < -0.3 is 14.9 Å². The fourth-order valence-corrected chi connectivity index (χ4v) is 1.60. The molecule has 3 heteroatoms. The fourth-order valence-electron chi connectivity index (χ4n) is 1.60. The fraction of sp³-hybridized carbons (Fsp3) is 0.636. The van der Waals surface area contributed by atoms with Crippen LogP contribution in [0.4, 0.5) is 0 Å². The molecular weight excluding hydrogens is 178 g/mol. The first-order valence-electron chi connectivity index (χ1n) is 5.21. The van der Waals surface area contributed by atoms with Crippen LogP contribution in [0.2, 0.25) is 0 Å². The molecule has 0 radical (unpaired) electrons. The van der Waals surface area contributed by atoms with Crippen LogP contribution < -0.4 is 5.73 Å². The SMILES string of the molecule is Cc1ccc(C(CN)OC2CCC2)o1. The van der Waals surface area contributed by atoms with E-state index in [-0.39, 0.29) is 6.10 Å². The van der Waals surface area contributed by atoms with Gasteiger partial charge in [0.05, 0.1) is 6.10 Å². The minimum absolute atomic E-state index is 0.0611. The molecule has 0 aromatic carbocycles. The zero-order valence-electron chi connectivity index (χ0n) is 8.53. The molecule has 0 spiro atoms. The van der Waals surface area contributed by atoms with Crippen LogP contribution in [0.15, 0.2) is 16.5 Å². The Morgan fingerprint density at radius 1 is 1.57 bits per heavy atom. The number of hydrogen-bond donors (Lipinski definition) is 1. The van der Waals surface area contributed by atoms with E-state index in [1.54, 1.807) is 0 Å². The molecule has 2 N–H and O–H groups in total. The Labute approximate surface area is 84.2 Å². The molecule has 14 heavy (non-hydrogen) atoms. The van der Waals surface area contributed by atoms with E-state index in [0.717, 1.165) is 24.4 Å². The first-order valence-corrected chi connectivity index (χ1v) is 5.21. The summed E-state index contributed by atoms with van der Waals surface area (Å²) in [7, 11) is 0. The van der Waals surface area contributed by atoms with Crippen molar-refractivity contribution in [2.45, 2.75) is 38.4 Å². The van der Waals surface area contributed by atoms with Crippen molar-refractivity contribution in [3.63, 3.8) is 0 Å². The lowest BCUT2D eigenvalue weighted by molar-refractivity contribution is -0.0570. The van der Waals surface area contributed by atoms with E-state index >= 15 is 0 Å². The third-order valence-corrected chi connectivity index (χ3v) is 2.70. The molecule has 1 aromatic heterocycles. The summed E-state index contributed by atoms with van der Waals surface area (Å²) in [5, 5.41) is 0. The highest BCUT2D eigenvalue weighted by Gasteiger charge is 2.24. The van der Waals surface area contributed by atoms with E-state index in [1.165, 1.54) is 6.42 Å². The van der Waals surface area contributed by atoms with Gasteiger partial charge in [-0.15, -0.1) is 0 Å². The quantitative estimate of drug-likeness (QED) is 0.800. The van der Waals surface area contributed by atoms with Gasteiger partial charge >= 0.3 is 0 Å². The van der Waals surface area contributed by atoms with Crippen molar-refractivity contribution in [3.8, 4) is 0 Å². The van der Waals surface area contributed by atoms with E-state index in [2.05, 4.69) is 0 Å². The van der Waals surface area contributed by atoms with Crippen molar-refractivity contribution in [1.82, 2.24) is 0 Å². The van der Waals surface area contributed by atoms with Gasteiger partial charge in [0.25, 0.3) is 0 Å². The minimum Gasteiger partial charge on any atom is -0.464 e. The molecular formula is C11H17NO2. The predicted octanol–water partition coefficient (Wildman–Crippen LogP) is 2.16. The van der Waals surface area contributed by atoms with Crippen LogP contribution in [-0.2, 0) is 4.74 Å². The first-order chi connectivity index (χ1) is 6.79. The van der Waals surface area contributed by atoms with Crippen LogP contribution >= 0.6 is 0 Å². The molecule has 0 bridgehead atoms. The van der Waals surface area contributed by atoms with Gasteiger partial charge in [0.15, 0.2) is 0 Å². The van der Waals surface area contributed by atoms with Crippen molar-refractivity contribution in [1.29, 1.82) is 0 Å². The summed E-state index contributed by atoms with van der Waals surface area (Å²) >= 11 is 0. The topological polar surface area (TPSA) is 48.4 Å². The van der Waals surface area contributed by atoms with Gasteiger partial charge in [0.2, 0.25) is 0 Å². The molecule has 78 valence electrons. The Morgan fingerprint density at radius 3 is 2.79 bits per heavy atom. The molecule has 0 saturated heterocycles. The maximum atomic E-state index is 5.82. The normalized spacial score (nSPS) is 19.3. The molecule has 1 aliphatic carbocycles. The lowest BCUT2D eigenvalue weighted by Gasteiger charge is -2.29. The first kappa shape index (κ1) is 9.74. The molecule has 1 saturated carbocycles. The number of furan rings is 1. The van der Waals surface area contributed by atoms with Crippen LogP contribution in [0, 0.1) is 6.92 Å². The summed E-state index contributed by atoms with van der Waals surface area (Å²) < 4.78 is 11.3. The Bertz CT molecular complexity index is 291. The summed E-state index contributed by atoms with van der Waals surface area (Å²) in [6.45, 7) is 2.42. The van der Waals surface area contributed by atoms with Crippen molar-refractivity contribution >= 4 is 0 Å². The number of rotatable bonds is 4. The maximum absolute atomic E-state index is 5.82. The van der Waals surface area contributed by atoms with E-state index in [4.69, 9.17) is 14.9 Å². The van der Waals surface area contributed by atoms with Crippen molar-refractivity contribution in [3.05, 3.63) is 23.7 Å². The Balaban J connectivity index is 1.97. The Kier molecular flexibility index (Phi) is 2.89. The zero-order chi connectivity index (χ0) is 9.97. The smallest absolute Gasteiger partial charge is 0.134 e. The molecule has 1 aromatic rings.